The number of carboxylic acid groups (broad SMARTS) is 1. The second kappa shape index (κ2) is 7.63. The van der Waals surface area contributed by atoms with Gasteiger partial charge in [0.05, 0.1) is 11.7 Å². The van der Waals surface area contributed by atoms with Gasteiger partial charge in [-0.25, -0.2) is 4.79 Å². The minimum Gasteiger partial charge on any atom is -0.482 e. The molecule has 0 saturated heterocycles. The smallest absolute Gasteiger partial charge is 0.341 e. The quantitative estimate of drug-likeness (QED) is 0.808. The van der Waals surface area contributed by atoms with Gasteiger partial charge in [0.2, 0.25) is 0 Å². The largest absolute Gasteiger partial charge is 0.482 e. The summed E-state index contributed by atoms with van der Waals surface area (Å²) in [5.41, 5.74) is 2.02. The number of rotatable bonds is 7. The number of amides is 1. The number of benzene rings is 1. The van der Waals surface area contributed by atoms with E-state index in [1.165, 1.54) is 6.07 Å². The highest BCUT2D eigenvalue weighted by Gasteiger charge is 2.21. The van der Waals surface area contributed by atoms with Crippen molar-refractivity contribution in [3.8, 4) is 5.75 Å². The third-order valence-corrected chi connectivity index (χ3v) is 3.61. The predicted octanol–water partition coefficient (Wildman–Crippen LogP) is 2.64. The van der Waals surface area contributed by atoms with Crippen LogP contribution in [0.4, 0.5) is 0 Å². The molecule has 0 bridgehead atoms. The molecule has 0 saturated carbocycles. The van der Waals surface area contributed by atoms with Crippen LogP contribution in [0.5, 0.6) is 5.75 Å². The number of nitrogens with zero attached hydrogens (tertiary/aromatic N) is 1. The van der Waals surface area contributed by atoms with E-state index in [4.69, 9.17) is 14.4 Å². The van der Waals surface area contributed by atoms with E-state index in [9.17, 15) is 9.59 Å². The van der Waals surface area contributed by atoms with E-state index in [0.29, 0.717) is 23.5 Å². The van der Waals surface area contributed by atoms with Gasteiger partial charge in [0.15, 0.2) is 6.61 Å². The molecule has 7 nitrogen and oxygen atoms in total. The number of hydrogen-bond acceptors (Lipinski definition) is 5. The van der Waals surface area contributed by atoms with E-state index in [1.807, 2.05) is 20.8 Å². The van der Waals surface area contributed by atoms with E-state index < -0.39 is 12.6 Å². The molecule has 2 rings (SSSR count). The van der Waals surface area contributed by atoms with E-state index in [2.05, 4.69) is 10.5 Å². The first-order valence-corrected chi connectivity index (χ1v) is 7.60. The Morgan fingerprint density at radius 3 is 2.71 bits per heavy atom. The van der Waals surface area contributed by atoms with Crippen LogP contribution >= 0.6 is 0 Å². The number of aryl methyl sites for hydroxylation is 2. The Morgan fingerprint density at radius 1 is 1.38 bits per heavy atom. The second-order valence-corrected chi connectivity index (χ2v) is 5.38. The molecule has 1 amide bonds. The highest BCUT2D eigenvalue weighted by atomic mass is 16.5. The van der Waals surface area contributed by atoms with Crippen molar-refractivity contribution in [2.45, 2.75) is 33.2 Å². The van der Waals surface area contributed by atoms with Gasteiger partial charge in [-0.2, -0.15) is 0 Å². The lowest BCUT2D eigenvalue weighted by molar-refractivity contribution is -0.139. The maximum Gasteiger partial charge on any atom is 0.341 e. The summed E-state index contributed by atoms with van der Waals surface area (Å²) >= 11 is 0. The average Bonchev–Trinajstić information content (AvgIpc) is 2.89. The van der Waals surface area contributed by atoms with Crippen LogP contribution in [-0.4, -0.2) is 28.7 Å². The molecule has 0 aliphatic heterocycles. The molecule has 0 fully saturated rings. The molecule has 1 aromatic carbocycles. The van der Waals surface area contributed by atoms with E-state index >= 15 is 0 Å². The third kappa shape index (κ3) is 4.13. The van der Waals surface area contributed by atoms with Gasteiger partial charge in [-0.15, -0.1) is 0 Å². The fourth-order valence-corrected chi connectivity index (χ4v) is 2.48. The number of carboxylic acids is 1. The molecule has 1 heterocycles. The van der Waals surface area contributed by atoms with Crippen molar-refractivity contribution in [3.05, 3.63) is 46.8 Å². The molecular formula is C17H20N2O5. The number of aromatic nitrogens is 1. The summed E-state index contributed by atoms with van der Waals surface area (Å²) in [4.78, 5) is 23.0. The Hall–Kier alpha value is -2.83. The zero-order valence-corrected chi connectivity index (χ0v) is 13.8. The summed E-state index contributed by atoms with van der Waals surface area (Å²) in [6.07, 6.45) is 0.684. The lowest BCUT2D eigenvalue weighted by Gasteiger charge is -2.17. The Bertz CT molecular complexity index is 719. The summed E-state index contributed by atoms with van der Waals surface area (Å²) < 4.78 is 10.3. The second-order valence-electron chi connectivity index (χ2n) is 5.38. The van der Waals surface area contributed by atoms with Crippen molar-refractivity contribution < 1.29 is 24.0 Å². The summed E-state index contributed by atoms with van der Waals surface area (Å²) in [6, 6.07) is 6.18. The lowest BCUT2D eigenvalue weighted by atomic mass is 10.0. The highest BCUT2D eigenvalue weighted by molar-refractivity contribution is 5.94. The van der Waals surface area contributed by atoms with Crippen molar-refractivity contribution in [1.82, 2.24) is 10.5 Å². The Labute approximate surface area is 139 Å². The predicted molar refractivity (Wildman–Crippen MR) is 86.0 cm³/mol. The van der Waals surface area contributed by atoms with Gasteiger partial charge >= 0.3 is 5.97 Å². The molecule has 0 spiro atoms. The van der Waals surface area contributed by atoms with E-state index in [1.54, 1.807) is 18.2 Å². The SMILES string of the molecule is CCC(NC(=O)c1cccc(OCC(=O)O)c1)c1c(C)noc1C. The van der Waals surface area contributed by atoms with Crippen LogP contribution in [0.2, 0.25) is 0 Å². The molecule has 0 aliphatic rings. The molecule has 0 radical (unpaired) electrons. The van der Waals surface area contributed by atoms with Crippen molar-refractivity contribution in [2.75, 3.05) is 6.61 Å². The molecule has 0 aliphatic carbocycles. The molecule has 128 valence electrons. The summed E-state index contributed by atoms with van der Waals surface area (Å²) in [5, 5.41) is 15.5. The first kappa shape index (κ1) is 17.5. The first-order valence-electron chi connectivity index (χ1n) is 7.60. The number of ether oxygens (including phenoxy) is 1. The molecule has 2 aromatic rings. The topological polar surface area (TPSA) is 102 Å². The highest BCUT2D eigenvalue weighted by Crippen LogP contribution is 2.24. The fourth-order valence-electron chi connectivity index (χ4n) is 2.48. The average molecular weight is 332 g/mol. The lowest BCUT2D eigenvalue weighted by Crippen LogP contribution is -2.28. The minimum atomic E-state index is -1.07. The van der Waals surface area contributed by atoms with Crippen molar-refractivity contribution >= 4 is 11.9 Å². The zero-order chi connectivity index (χ0) is 17.7. The monoisotopic (exact) mass is 332 g/mol. The Kier molecular flexibility index (Phi) is 5.57. The molecule has 1 atom stereocenters. The van der Waals surface area contributed by atoms with E-state index in [-0.39, 0.29) is 11.9 Å². The molecule has 1 unspecified atom stereocenters. The van der Waals surface area contributed by atoms with Crippen LogP contribution in [0.25, 0.3) is 0 Å². The van der Waals surface area contributed by atoms with Crippen LogP contribution in [0.3, 0.4) is 0 Å². The number of hydrogen-bond donors (Lipinski definition) is 2. The maximum atomic E-state index is 12.5. The fraction of sp³-hybridized carbons (Fsp3) is 0.353. The minimum absolute atomic E-state index is 0.215. The van der Waals surface area contributed by atoms with Crippen molar-refractivity contribution in [3.63, 3.8) is 0 Å². The maximum absolute atomic E-state index is 12.5. The third-order valence-electron chi connectivity index (χ3n) is 3.61. The Morgan fingerprint density at radius 2 is 2.12 bits per heavy atom. The van der Waals surface area contributed by atoms with Gasteiger partial charge in [-0.1, -0.05) is 18.1 Å². The molecule has 24 heavy (non-hydrogen) atoms. The summed E-state index contributed by atoms with van der Waals surface area (Å²) in [5.74, 6) is -0.342. The van der Waals surface area contributed by atoms with Gasteiger partial charge in [0.25, 0.3) is 5.91 Å². The number of nitrogens with one attached hydrogen (secondary N) is 1. The van der Waals surface area contributed by atoms with Crippen LogP contribution in [-0.2, 0) is 4.79 Å². The standard InChI is InChI=1S/C17H20N2O5/c1-4-14(16-10(2)19-24-11(16)3)18-17(22)12-6-5-7-13(8-12)23-9-15(20)21/h5-8,14H,4,9H2,1-3H3,(H,18,22)(H,20,21). The normalized spacial score (nSPS) is 11.8. The molecule has 7 heteroatoms. The summed E-state index contributed by atoms with van der Waals surface area (Å²) in [7, 11) is 0. The van der Waals surface area contributed by atoms with Gasteiger partial charge in [-0.05, 0) is 38.5 Å². The number of carbonyl (C=O) groups excluding carboxylic acids is 1. The van der Waals surface area contributed by atoms with Gasteiger partial charge in [0, 0.05) is 11.1 Å². The molecule has 1 aromatic heterocycles. The van der Waals surface area contributed by atoms with Gasteiger partial charge < -0.3 is 19.7 Å². The van der Waals surface area contributed by atoms with E-state index in [0.717, 1.165) is 11.3 Å². The van der Waals surface area contributed by atoms with Crippen molar-refractivity contribution in [2.24, 2.45) is 0 Å². The van der Waals surface area contributed by atoms with Crippen LogP contribution in [0.1, 0.15) is 46.8 Å². The van der Waals surface area contributed by atoms with Gasteiger partial charge in [-0.3, -0.25) is 4.79 Å². The molecular weight excluding hydrogens is 312 g/mol. The van der Waals surface area contributed by atoms with Crippen molar-refractivity contribution in [1.29, 1.82) is 0 Å². The van der Waals surface area contributed by atoms with Crippen LogP contribution in [0, 0.1) is 13.8 Å². The van der Waals surface area contributed by atoms with Crippen LogP contribution in [0.15, 0.2) is 28.8 Å². The summed E-state index contributed by atoms with van der Waals surface area (Å²) in [6.45, 7) is 5.15. The zero-order valence-electron chi connectivity index (χ0n) is 13.8. The van der Waals surface area contributed by atoms with Gasteiger partial charge in [0.1, 0.15) is 11.5 Å². The Balaban J connectivity index is 2.13. The molecule has 2 N–H and O–H groups in total. The van der Waals surface area contributed by atoms with Crippen LogP contribution < -0.4 is 10.1 Å². The first-order chi connectivity index (χ1) is 11.4. The number of aliphatic carboxylic acids is 1. The number of carbonyl (C=O) groups is 2.